The highest BCUT2D eigenvalue weighted by molar-refractivity contribution is 7.92. The summed E-state index contributed by atoms with van der Waals surface area (Å²) < 4.78 is 62.7. The van der Waals surface area contributed by atoms with Crippen LogP contribution in [-0.4, -0.2) is 87.9 Å². The van der Waals surface area contributed by atoms with Gasteiger partial charge in [-0.3, -0.25) is 4.79 Å². The Morgan fingerprint density at radius 3 is 2.43 bits per heavy atom. The maximum absolute atomic E-state index is 13.9. The Labute approximate surface area is 220 Å². The van der Waals surface area contributed by atoms with Gasteiger partial charge in [0.25, 0.3) is 20.0 Å². The maximum Gasteiger partial charge on any atom is 0.269 e. The van der Waals surface area contributed by atoms with E-state index < -0.39 is 26.1 Å². The Morgan fingerprint density at radius 2 is 1.70 bits per heavy atom. The fraction of sp³-hybridized carbons (Fsp3) is 0.375. The molecule has 2 saturated heterocycles. The zero-order valence-corrected chi connectivity index (χ0v) is 22.3. The first-order valence-electron chi connectivity index (χ1n) is 11.9. The minimum atomic E-state index is -4.26. The number of carbonyl (C=O) groups excluding carboxylic acids is 1. The van der Waals surface area contributed by atoms with Crippen molar-refractivity contribution in [2.75, 3.05) is 45.9 Å². The van der Waals surface area contributed by atoms with Crippen LogP contribution in [0.25, 0.3) is 10.9 Å². The summed E-state index contributed by atoms with van der Waals surface area (Å²) in [6.07, 6.45) is 0.132. The van der Waals surface area contributed by atoms with Crippen molar-refractivity contribution in [3.8, 4) is 0 Å². The molecule has 0 aliphatic carbocycles. The Hall–Kier alpha value is -2.48. The predicted molar refractivity (Wildman–Crippen MR) is 139 cm³/mol. The molecule has 1 amide bonds. The summed E-state index contributed by atoms with van der Waals surface area (Å²) in [5, 5.41) is 3.60. The highest BCUT2D eigenvalue weighted by atomic mass is 35.5. The molecule has 3 heterocycles. The van der Waals surface area contributed by atoms with E-state index in [9.17, 15) is 21.6 Å². The van der Waals surface area contributed by atoms with E-state index in [0.29, 0.717) is 43.3 Å². The number of benzene rings is 2. The summed E-state index contributed by atoms with van der Waals surface area (Å²) in [6, 6.07) is 13.2. The number of ether oxygens (including phenoxy) is 1. The van der Waals surface area contributed by atoms with Gasteiger partial charge in [-0.05, 0) is 36.4 Å². The lowest BCUT2D eigenvalue weighted by Crippen LogP contribution is -2.54. The SMILES string of the molecule is O=C(CC1CN(S(=O)(=O)c2cc3cc(Cl)ccc3n2S(=O)(=O)c2ccccc2)CCN1)N1CCOCC1. The highest BCUT2D eigenvalue weighted by Gasteiger charge is 2.37. The molecule has 1 unspecified atom stereocenters. The largest absolute Gasteiger partial charge is 0.378 e. The fourth-order valence-corrected chi connectivity index (χ4v) is 8.44. The lowest BCUT2D eigenvalue weighted by molar-refractivity contribution is -0.135. The summed E-state index contributed by atoms with van der Waals surface area (Å²) >= 11 is 6.14. The Kier molecular flexibility index (Phi) is 7.31. The first-order chi connectivity index (χ1) is 17.7. The first-order valence-corrected chi connectivity index (χ1v) is 15.1. The predicted octanol–water partition coefficient (Wildman–Crippen LogP) is 1.74. The Bertz CT molecular complexity index is 1520. The van der Waals surface area contributed by atoms with E-state index in [0.717, 1.165) is 3.97 Å². The van der Waals surface area contributed by atoms with Crippen molar-refractivity contribution in [2.45, 2.75) is 22.4 Å². The van der Waals surface area contributed by atoms with Crippen LogP contribution in [0.15, 0.2) is 64.5 Å². The summed E-state index contributed by atoms with van der Waals surface area (Å²) in [6.45, 7) is 2.48. The highest BCUT2D eigenvalue weighted by Crippen LogP contribution is 2.32. The number of rotatable bonds is 6. The summed E-state index contributed by atoms with van der Waals surface area (Å²) in [7, 11) is -8.52. The molecule has 2 aliphatic heterocycles. The molecule has 2 aromatic carbocycles. The van der Waals surface area contributed by atoms with Crippen molar-refractivity contribution in [2.24, 2.45) is 0 Å². The number of morpholine rings is 1. The molecule has 0 radical (unpaired) electrons. The number of fused-ring (bicyclic) bond motifs is 1. The van der Waals surface area contributed by atoms with Gasteiger partial charge >= 0.3 is 0 Å². The van der Waals surface area contributed by atoms with Gasteiger partial charge in [0.2, 0.25) is 5.91 Å². The smallest absolute Gasteiger partial charge is 0.269 e. The number of halogens is 1. The molecular formula is C24H27ClN4O6S2. The van der Waals surface area contributed by atoms with Crippen LogP contribution in [0.5, 0.6) is 0 Å². The normalized spacial score (nSPS) is 19.8. The van der Waals surface area contributed by atoms with Crippen LogP contribution < -0.4 is 5.32 Å². The van der Waals surface area contributed by atoms with Crippen molar-refractivity contribution in [1.82, 2.24) is 18.5 Å². The lowest BCUT2D eigenvalue weighted by Gasteiger charge is -2.34. The molecule has 1 atom stereocenters. The Balaban J connectivity index is 1.50. The van der Waals surface area contributed by atoms with Crippen LogP contribution in [0, 0.1) is 0 Å². The molecule has 3 aromatic rings. The molecular weight excluding hydrogens is 540 g/mol. The number of carbonyl (C=O) groups is 1. The van der Waals surface area contributed by atoms with E-state index in [1.54, 1.807) is 23.1 Å². The van der Waals surface area contributed by atoms with Crippen molar-refractivity contribution >= 4 is 48.5 Å². The average molecular weight is 567 g/mol. The van der Waals surface area contributed by atoms with Crippen molar-refractivity contribution in [3.63, 3.8) is 0 Å². The average Bonchev–Trinajstić information content (AvgIpc) is 3.30. The number of hydrogen-bond donors (Lipinski definition) is 1. The van der Waals surface area contributed by atoms with E-state index in [2.05, 4.69) is 5.32 Å². The quantitative estimate of drug-likeness (QED) is 0.483. The Morgan fingerprint density at radius 1 is 0.973 bits per heavy atom. The van der Waals surface area contributed by atoms with Gasteiger partial charge in [-0.15, -0.1) is 0 Å². The third-order valence-electron chi connectivity index (χ3n) is 6.58. The summed E-state index contributed by atoms with van der Waals surface area (Å²) in [5.41, 5.74) is 0.209. The zero-order valence-electron chi connectivity index (χ0n) is 19.9. The van der Waals surface area contributed by atoms with Crippen LogP contribution in [0.3, 0.4) is 0 Å². The number of piperazine rings is 1. The monoisotopic (exact) mass is 566 g/mol. The number of aromatic nitrogens is 1. The van der Waals surface area contributed by atoms with Gasteiger partial charge in [-0.1, -0.05) is 29.8 Å². The molecule has 0 spiro atoms. The van der Waals surface area contributed by atoms with Gasteiger partial charge in [0.1, 0.15) is 0 Å². The van der Waals surface area contributed by atoms with E-state index in [4.69, 9.17) is 16.3 Å². The molecule has 1 N–H and O–H groups in total. The molecule has 5 rings (SSSR count). The van der Waals surface area contributed by atoms with Gasteiger partial charge in [-0.25, -0.2) is 20.8 Å². The second-order valence-electron chi connectivity index (χ2n) is 8.98. The lowest BCUT2D eigenvalue weighted by atomic mass is 10.1. The van der Waals surface area contributed by atoms with Crippen LogP contribution in [-0.2, 0) is 29.6 Å². The standard InChI is InChI=1S/C24H27ClN4O6S2/c25-19-6-7-22-18(14-19)15-24(29(22)36(31,32)21-4-2-1-3-5-21)37(33,34)28-9-8-26-20(17-28)16-23(30)27-10-12-35-13-11-27/h1-7,14-15,20,26H,8-13,16-17H2. The van der Waals surface area contributed by atoms with Gasteiger partial charge < -0.3 is 15.0 Å². The van der Waals surface area contributed by atoms with Crippen LogP contribution in [0.4, 0.5) is 0 Å². The first kappa shape index (κ1) is 26.1. The number of sulfonamides is 1. The molecule has 2 aliphatic rings. The number of hydrogen-bond acceptors (Lipinski definition) is 7. The topological polar surface area (TPSA) is 118 Å². The third-order valence-corrected chi connectivity index (χ3v) is 10.5. The molecule has 0 bridgehead atoms. The molecule has 13 heteroatoms. The minimum Gasteiger partial charge on any atom is -0.378 e. The van der Waals surface area contributed by atoms with Crippen LogP contribution in [0.2, 0.25) is 5.02 Å². The van der Waals surface area contributed by atoms with Crippen molar-refractivity contribution in [1.29, 1.82) is 0 Å². The van der Waals surface area contributed by atoms with Gasteiger partial charge in [0.05, 0.1) is 23.6 Å². The molecule has 37 heavy (non-hydrogen) atoms. The fourth-order valence-electron chi connectivity index (χ4n) is 4.70. The molecule has 1 aromatic heterocycles. The summed E-state index contributed by atoms with van der Waals surface area (Å²) in [5.74, 6) is -0.0736. The number of amides is 1. The van der Waals surface area contributed by atoms with Gasteiger partial charge in [0, 0.05) is 55.6 Å². The molecule has 0 saturated carbocycles. The van der Waals surface area contributed by atoms with Crippen LogP contribution in [0.1, 0.15) is 6.42 Å². The van der Waals surface area contributed by atoms with Crippen molar-refractivity contribution in [3.05, 3.63) is 59.6 Å². The number of nitrogens with zero attached hydrogens (tertiary/aromatic N) is 3. The number of nitrogens with one attached hydrogen (secondary N) is 1. The third kappa shape index (κ3) is 5.14. The van der Waals surface area contributed by atoms with Gasteiger partial charge in [-0.2, -0.15) is 4.31 Å². The van der Waals surface area contributed by atoms with E-state index in [1.807, 2.05) is 0 Å². The van der Waals surface area contributed by atoms with Crippen LogP contribution >= 0.6 is 11.6 Å². The van der Waals surface area contributed by atoms with E-state index in [1.165, 1.54) is 40.7 Å². The molecule has 10 nitrogen and oxygen atoms in total. The van der Waals surface area contributed by atoms with Crippen molar-refractivity contribution < 1.29 is 26.4 Å². The van der Waals surface area contributed by atoms with Gasteiger partial charge in [0.15, 0.2) is 5.03 Å². The second kappa shape index (κ2) is 10.4. The second-order valence-corrected chi connectivity index (χ2v) is 13.1. The molecule has 2 fully saturated rings. The minimum absolute atomic E-state index is 0.0338. The zero-order chi connectivity index (χ0) is 26.2. The van der Waals surface area contributed by atoms with E-state index in [-0.39, 0.29) is 40.9 Å². The van der Waals surface area contributed by atoms with E-state index >= 15 is 0 Å². The molecule has 198 valence electrons. The maximum atomic E-state index is 13.9. The summed E-state index contributed by atoms with van der Waals surface area (Å²) in [4.78, 5) is 14.4.